The van der Waals surface area contributed by atoms with Crippen LogP contribution < -0.4 is 5.32 Å². The van der Waals surface area contributed by atoms with E-state index >= 15 is 0 Å². The first-order chi connectivity index (χ1) is 13.8. The van der Waals surface area contributed by atoms with Crippen LogP contribution in [-0.2, 0) is 14.6 Å². The van der Waals surface area contributed by atoms with E-state index in [1.54, 1.807) is 12.1 Å². The number of carbonyl (C=O) groups excluding carboxylic acids is 1. The van der Waals surface area contributed by atoms with Gasteiger partial charge in [0.15, 0.2) is 11.5 Å². The highest BCUT2D eigenvalue weighted by Gasteiger charge is 2.49. The van der Waals surface area contributed by atoms with Crippen molar-refractivity contribution in [3.63, 3.8) is 0 Å². The first-order valence-electron chi connectivity index (χ1n) is 9.90. The molecule has 1 amide bonds. The lowest BCUT2D eigenvalue weighted by Crippen LogP contribution is -2.43. The van der Waals surface area contributed by atoms with Crippen LogP contribution in [0.2, 0.25) is 5.02 Å². The van der Waals surface area contributed by atoms with Crippen LogP contribution >= 0.6 is 11.6 Å². The molecular formula is C21H21ClN2O4S. The second kappa shape index (κ2) is 6.75. The molecule has 2 aliphatic carbocycles. The van der Waals surface area contributed by atoms with Gasteiger partial charge >= 0.3 is 0 Å². The minimum absolute atomic E-state index is 0.0667. The molecule has 6 nitrogen and oxygen atoms in total. The van der Waals surface area contributed by atoms with Crippen LogP contribution in [0.25, 0.3) is 11.1 Å². The first-order valence-corrected chi connectivity index (χ1v) is 12.1. The number of fused-ring (bicyclic) bond motifs is 1. The van der Waals surface area contributed by atoms with Crippen LogP contribution in [0.4, 0.5) is 0 Å². The molecule has 1 saturated heterocycles. The monoisotopic (exact) mass is 432 g/mol. The van der Waals surface area contributed by atoms with E-state index in [4.69, 9.17) is 16.0 Å². The Hall–Kier alpha value is -2.04. The van der Waals surface area contributed by atoms with Gasteiger partial charge in [0, 0.05) is 22.3 Å². The summed E-state index contributed by atoms with van der Waals surface area (Å²) in [5.74, 6) is 7.37. The largest absolute Gasteiger partial charge is 0.440 e. The van der Waals surface area contributed by atoms with E-state index < -0.39 is 9.84 Å². The smallest absolute Gasteiger partial charge is 0.224 e. The zero-order valence-electron chi connectivity index (χ0n) is 15.8. The molecule has 1 saturated carbocycles. The van der Waals surface area contributed by atoms with Gasteiger partial charge in [-0.05, 0) is 50.3 Å². The molecule has 1 spiro atoms. The number of sulfone groups is 1. The van der Waals surface area contributed by atoms with Gasteiger partial charge in [0.05, 0.1) is 17.5 Å². The highest BCUT2D eigenvalue weighted by Crippen LogP contribution is 2.55. The lowest BCUT2D eigenvalue weighted by atomic mass is 9.61. The molecule has 3 aliphatic rings. The Bertz CT molecular complexity index is 1140. The molecule has 1 aromatic carbocycles. The number of halogens is 1. The molecule has 0 radical (unpaired) electrons. The van der Waals surface area contributed by atoms with E-state index in [1.807, 2.05) is 6.07 Å². The second-order valence-corrected chi connectivity index (χ2v) is 11.3. The van der Waals surface area contributed by atoms with Gasteiger partial charge in [0.25, 0.3) is 0 Å². The summed E-state index contributed by atoms with van der Waals surface area (Å²) >= 11 is 6.02. The van der Waals surface area contributed by atoms with Gasteiger partial charge in [-0.3, -0.25) is 4.79 Å². The molecule has 2 fully saturated rings. The van der Waals surface area contributed by atoms with Gasteiger partial charge < -0.3 is 9.73 Å². The van der Waals surface area contributed by atoms with Crippen LogP contribution in [0, 0.1) is 23.2 Å². The minimum atomic E-state index is -2.96. The maximum Gasteiger partial charge on any atom is 0.224 e. The summed E-state index contributed by atoms with van der Waals surface area (Å²) in [6.07, 6.45) is 3.32. The average molecular weight is 433 g/mol. The number of oxazole rings is 1. The fourth-order valence-electron chi connectivity index (χ4n) is 4.68. The summed E-state index contributed by atoms with van der Waals surface area (Å²) in [5, 5.41) is 3.66. The first kappa shape index (κ1) is 19.0. The Morgan fingerprint density at radius 1 is 1.24 bits per heavy atom. The van der Waals surface area contributed by atoms with Gasteiger partial charge in [0.2, 0.25) is 5.91 Å². The molecule has 29 heavy (non-hydrogen) atoms. The van der Waals surface area contributed by atoms with Gasteiger partial charge in [-0.1, -0.05) is 23.4 Å². The van der Waals surface area contributed by atoms with E-state index in [2.05, 4.69) is 22.1 Å². The van der Waals surface area contributed by atoms with E-state index in [1.165, 1.54) is 0 Å². The number of nitrogens with one attached hydrogen (secondary N) is 1. The van der Waals surface area contributed by atoms with Gasteiger partial charge in [-0.15, -0.1) is 0 Å². The second-order valence-electron chi connectivity index (χ2n) is 8.51. The van der Waals surface area contributed by atoms with Crippen LogP contribution in [0.15, 0.2) is 22.6 Å². The number of aromatic nitrogens is 1. The van der Waals surface area contributed by atoms with Gasteiger partial charge in [0.1, 0.15) is 15.4 Å². The summed E-state index contributed by atoms with van der Waals surface area (Å²) in [6, 6.07) is 5.26. The Morgan fingerprint density at radius 2 is 2.00 bits per heavy atom. The lowest BCUT2D eigenvalue weighted by Gasteiger charge is -2.41. The summed E-state index contributed by atoms with van der Waals surface area (Å²) in [6.45, 7) is 0. The van der Waals surface area contributed by atoms with Crippen molar-refractivity contribution in [2.75, 3.05) is 11.5 Å². The van der Waals surface area contributed by atoms with Crippen molar-refractivity contribution in [2.45, 2.75) is 44.1 Å². The molecule has 1 N–H and O–H groups in total. The van der Waals surface area contributed by atoms with E-state index in [0.717, 1.165) is 36.3 Å². The Kier molecular flexibility index (Phi) is 4.41. The standard InChI is InChI=1S/C21H21ClN2O4S/c22-15-1-2-18-17(9-15)24-20(28-18)14-10-21(11-14)6-3-16(12-21)23-19(25)13-4-7-29(26,27)8-5-13/h1-2,9,13-14,16H,4-5,7-8,10-12H2,(H,23,25)/t14-,16-,21-/m0/s1. The molecule has 8 heteroatoms. The number of benzene rings is 1. The van der Waals surface area contributed by atoms with Crippen LogP contribution in [0.5, 0.6) is 0 Å². The van der Waals surface area contributed by atoms with E-state index in [0.29, 0.717) is 17.9 Å². The maximum absolute atomic E-state index is 12.5. The van der Waals surface area contributed by atoms with Gasteiger partial charge in [-0.2, -0.15) is 0 Å². The summed E-state index contributed by atoms with van der Waals surface area (Å²) in [4.78, 5) is 17.1. The number of nitrogens with zero attached hydrogens (tertiary/aromatic N) is 1. The number of rotatable bonds is 3. The topological polar surface area (TPSA) is 89.3 Å². The lowest BCUT2D eigenvalue weighted by molar-refractivity contribution is -0.125. The zero-order chi connectivity index (χ0) is 20.2. The third kappa shape index (κ3) is 3.64. The van der Waals surface area contributed by atoms with E-state index in [9.17, 15) is 13.2 Å². The number of hydrogen-bond acceptors (Lipinski definition) is 5. The van der Waals surface area contributed by atoms with Crippen LogP contribution in [0.1, 0.15) is 43.9 Å². The quantitative estimate of drug-likeness (QED) is 0.753. The van der Waals surface area contributed by atoms with Crippen molar-refractivity contribution < 1.29 is 17.6 Å². The molecule has 5 rings (SSSR count). The molecular weight excluding hydrogens is 412 g/mol. The zero-order valence-corrected chi connectivity index (χ0v) is 17.4. The third-order valence-corrected chi connectivity index (χ3v) is 8.29. The highest BCUT2D eigenvalue weighted by atomic mass is 35.5. The number of amides is 1. The summed E-state index contributed by atoms with van der Waals surface area (Å²) < 4.78 is 29.0. The van der Waals surface area contributed by atoms with Crippen molar-refractivity contribution in [3.8, 4) is 11.8 Å². The fourth-order valence-corrected chi connectivity index (χ4v) is 6.34. The van der Waals surface area contributed by atoms with Crippen molar-refractivity contribution in [3.05, 3.63) is 29.1 Å². The third-order valence-electron chi connectivity index (χ3n) is 6.34. The molecule has 2 heterocycles. The maximum atomic E-state index is 12.5. The normalized spacial score (nSPS) is 25.5. The molecule has 1 atom stereocenters. The summed E-state index contributed by atoms with van der Waals surface area (Å²) in [5.41, 5.74) is 1.42. The van der Waals surface area contributed by atoms with Crippen LogP contribution in [-0.4, -0.2) is 36.9 Å². The minimum Gasteiger partial charge on any atom is -0.440 e. The van der Waals surface area contributed by atoms with Gasteiger partial charge in [-0.25, -0.2) is 13.4 Å². The SMILES string of the molecule is O=C(N[C@H]1C#C[C@]2(C1)C[C@H](c1nc3cc(Cl)ccc3o1)C2)C1CCS(=O)(=O)CC1. The molecule has 0 bridgehead atoms. The molecule has 0 unspecified atom stereocenters. The van der Waals surface area contributed by atoms with Crippen molar-refractivity contribution in [1.82, 2.24) is 10.3 Å². The van der Waals surface area contributed by atoms with Crippen LogP contribution in [0.3, 0.4) is 0 Å². The van der Waals surface area contributed by atoms with Crippen molar-refractivity contribution in [2.24, 2.45) is 11.3 Å². The van der Waals surface area contributed by atoms with Crippen molar-refractivity contribution in [1.29, 1.82) is 0 Å². The average Bonchev–Trinajstić information content (AvgIpc) is 3.24. The fraction of sp³-hybridized carbons (Fsp3) is 0.524. The Balaban J connectivity index is 1.17. The molecule has 1 aromatic heterocycles. The summed E-state index contributed by atoms with van der Waals surface area (Å²) in [7, 11) is -2.96. The number of hydrogen-bond donors (Lipinski definition) is 1. The highest BCUT2D eigenvalue weighted by molar-refractivity contribution is 7.91. The molecule has 1 aliphatic heterocycles. The van der Waals surface area contributed by atoms with E-state index in [-0.39, 0.29) is 40.7 Å². The Morgan fingerprint density at radius 3 is 2.76 bits per heavy atom. The predicted octanol–water partition coefficient (Wildman–Crippen LogP) is 3.06. The van der Waals surface area contributed by atoms with Crippen molar-refractivity contribution >= 4 is 38.4 Å². The molecule has 2 aromatic rings. The number of carbonyl (C=O) groups is 1. The Labute approximate surface area is 174 Å². The molecule has 152 valence electrons. The predicted molar refractivity (Wildman–Crippen MR) is 109 cm³/mol.